The minimum Gasteiger partial charge on any atom is -0.496 e. The van der Waals surface area contributed by atoms with Gasteiger partial charge in [0.05, 0.1) is 12.7 Å². The Kier molecular flexibility index (Phi) is 3.54. The molecule has 0 spiro atoms. The zero-order chi connectivity index (χ0) is 14.8. The average molecular weight is 301 g/mol. The van der Waals surface area contributed by atoms with Crippen molar-refractivity contribution in [2.45, 2.75) is 0 Å². The van der Waals surface area contributed by atoms with E-state index in [2.05, 4.69) is 5.16 Å². The van der Waals surface area contributed by atoms with Gasteiger partial charge in [-0.05, 0) is 29.8 Å². The molecule has 0 fully saturated rings. The van der Waals surface area contributed by atoms with Gasteiger partial charge < -0.3 is 15.0 Å². The van der Waals surface area contributed by atoms with Gasteiger partial charge in [0.2, 0.25) is 5.88 Å². The van der Waals surface area contributed by atoms with E-state index in [-0.39, 0.29) is 5.88 Å². The number of anilines is 1. The van der Waals surface area contributed by atoms with Crippen LogP contribution in [0.4, 0.5) is 5.88 Å². The third-order valence-electron chi connectivity index (χ3n) is 3.21. The molecule has 4 nitrogen and oxygen atoms in total. The Bertz CT molecular complexity index is 766. The normalized spacial score (nSPS) is 10.6. The average Bonchev–Trinajstić information content (AvgIpc) is 2.90. The van der Waals surface area contributed by atoms with Crippen LogP contribution in [-0.2, 0) is 0 Å². The van der Waals surface area contributed by atoms with Crippen LogP contribution < -0.4 is 10.5 Å². The first-order valence-corrected chi connectivity index (χ1v) is 6.73. The van der Waals surface area contributed by atoms with Gasteiger partial charge in [-0.15, -0.1) is 0 Å². The molecule has 2 aromatic carbocycles. The molecule has 0 saturated heterocycles. The molecular weight excluding hydrogens is 288 g/mol. The van der Waals surface area contributed by atoms with Crippen molar-refractivity contribution >= 4 is 17.5 Å². The van der Waals surface area contributed by atoms with Gasteiger partial charge in [-0.2, -0.15) is 0 Å². The number of nitrogen functional groups attached to an aromatic ring is 1. The number of benzene rings is 2. The Balaban J connectivity index is 2.19. The van der Waals surface area contributed by atoms with Crippen molar-refractivity contribution in [1.29, 1.82) is 0 Å². The molecule has 1 heterocycles. The molecule has 0 bridgehead atoms. The highest BCUT2D eigenvalue weighted by Gasteiger charge is 2.19. The molecule has 3 rings (SSSR count). The molecule has 0 radical (unpaired) electrons. The Morgan fingerprint density at radius 3 is 2.52 bits per heavy atom. The monoisotopic (exact) mass is 300 g/mol. The van der Waals surface area contributed by atoms with Gasteiger partial charge >= 0.3 is 0 Å². The largest absolute Gasteiger partial charge is 0.496 e. The molecule has 0 atom stereocenters. The Hall–Kier alpha value is -2.46. The number of aromatic nitrogens is 1. The summed E-state index contributed by atoms with van der Waals surface area (Å²) in [7, 11) is 1.62. The van der Waals surface area contributed by atoms with Crippen LogP contribution in [0.1, 0.15) is 0 Å². The highest BCUT2D eigenvalue weighted by atomic mass is 35.5. The van der Waals surface area contributed by atoms with E-state index < -0.39 is 0 Å². The van der Waals surface area contributed by atoms with Gasteiger partial charge in [0.15, 0.2) is 0 Å². The van der Waals surface area contributed by atoms with Crippen LogP contribution >= 0.6 is 11.6 Å². The lowest BCUT2D eigenvalue weighted by molar-refractivity contribution is 0.414. The number of ether oxygens (including phenoxy) is 1. The SMILES string of the molecule is COc1ccccc1-c1noc(N)c1-c1ccc(Cl)cc1. The lowest BCUT2D eigenvalue weighted by atomic mass is 10.0. The van der Waals surface area contributed by atoms with E-state index in [4.69, 9.17) is 26.6 Å². The number of nitrogens with two attached hydrogens (primary N) is 1. The molecule has 5 heteroatoms. The minimum absolute atomic E-state index is 0.262. The fourth-order valence-corrected chi connectivity index (χ4v) is 2.35. The van der Waals surface area contributed by atoms with Crippen LogP contribution in [0.5, 0.6) is 5.75 Å². The molecule has 1 aromatic heterocycles. The summed E-state index contributed by atoms with van der Waals surface area (Å²) in [6.45, 7) is 0. The minimum atomic E-state index is 0.262. The van der Waals surface area contributed by atoms with Crippen LogP contribution in [0.15, 0.2) is 53.1 Å². The third-order valence-corrected chi connectivity index (χ3v) is 3.47. The van der Waals surface area contributed by atoms with Crippen LogP contribution in [-0.4, -0.2) is 12.3 Å². The number of nitrogens with zero attached hydrogens (tertiary/aromatic N) is 1. The summed E-state index contributed by atoms with van der Waals surface area (Å²) in [5.74, 6) is 0.972. The molecule has 0 aliphatic rings. The van der Waals surface area contributed by atoms with Crippen molar-refractivity contribution < 1.29 is 9.26 Å². The summed E-state index contributed by atoms with van der Waals surface area (Å²) < 4.78 is 10.5. The molecule has 0 saturated carbocycles. The zero-order valence-electron chi connectivity index (χ0n) is 11.3. The van der Waals surface area contributed by atoms with E-state index in [1.165, 1.54) is 0 Å². The van der Waals surface area contributed by atoms with Crippen molar-refractivity contribution in [3.63, 3.8) is 0 Å². The van der Waals surface area contributed by atoms with Crippen LogP contribution in [0, 0.1) is 0 Å². The smallest absolute Gasteiger partial charge is 0.230 e. The molecule has 0 aliphatic heterocycles. The number of hydrogen-bond acceptors (Lipinski definition) is 4. The summed E-state index contributed by atoms with van der Waals surface area (Å²) in [4.78, 5) is 0. The van der Waals surface area contributed by atoms with E-state index in [0.717, 1.165) is 16.7 Å². The van der Waals surface area contributed by atoms with Crippen molar-refractivity contribution in [1.82, 2.24) is 5.16 Å². The van der Waals surface area contributed by atoms with Gasteiger partial charge in [0.1, 0.15) is 11.4 Å². The van der Waals surface area contributed by atoms with Gasteiger partial charge in [-0.1, -0.05) is 41.0 Å². The van der Waals surface area contributed by atoms with Gasteiger partial charge in [-0.25, -0.2) is 0 Å². The first-order valence-electron chi connectivity index (χ1n) is 6.35. The van der Waals surface area contributed by atoms with Crippen molar-refractivity contribution in [3.8, 4) is 28.1 Å². The standard InChI is InChI=1S/C16H13ClN2O2/c1-20-13-5-3-2-4-12(13)15-14(16(18)21-19-15)10-6-8-11(17)9-7-10/h2-9H,18H2,1H3. The number of methoxy groups -OCH3 is 1. The predicted octanol–water partition coefficient (Wildman–Crippen LogP) is 4.25. The van der Waals surface area contributed by atoms with Crippen molar-refractivity contribution in [3.05, 3.63) is 53.6 Å². The molecule has 0 aliphatic carbocycles. The van der Waals surface area contributed by atoms with Gasteiger partial charge in [0.25, 0.3) is 0 Å². The maximum atomic E-state index is 5.94. The summed E-state index contributed by atoms with van der Waals surface area (Å²) >= 11 is 5.93. The Morgan fingerprint density at radius 1 is 1.10 bits per heavy atom. The maximum absolute atomic E-state index is 5.94. The predicted molar refractivity (Wildman–Crippen MR) is 83.3 cm³/mol. The summed E-state index contributed by atoms with van der Waals surface area (Å²) in [6, 6.07) is 14.9. The second-order valence-electron chi connectivity index (χ2n) is 4.48. The van der Waals surface area contributed by atoms with Crippen molar-refractivity contribution in [2.24, 2.45) is 0 Å². The number of halogens is 1. The second kappa shape index (κ2) is 5.50. The second-order valence-corrected chi connectivity index (χ2v) is 4.91. The summed E-state index contributed by atoms with van der Waals surface area (Å²) in [5.41, 5.74) is 9.03. The first-order chi connectivity index (χ1) is 10.2. The molecule has 21 heavy (non-hydrogen) atoms. The quantitative estimate of drug-likeness (QED) is 0.785. The Labute approximate surface area is 127 Å². The number of rotatable bonds is 3. The van der Waals surface area contributed by atoms with Gasteiger partial charge in [-0.3, -0.25) is 0 Å². The van der Waals surface area contributed by atoms with Gasteiger partial charge in [0, 0.05) is 10.6 Å². The fourth-order valence-electron chi connectivity index (χ4n) is 2.22. The fraction of sp³-hybridized carbons (Fsp3) is 0.0625. The van der Waals surface area contributed by atoms with Crippen molar-refractivity contribution in [2.75, 3.05) is 12.8 Å². The number of hydrogen-bond donors (Lipinski definition) is 1. The molecular formula is C16H13ClN2O2. The van der Waals surface area contributed by atoms with E-state index in [0.29, 0.717) is 16.5 Å². The molecule has 3 aromatic rings. The maximum Gasteiger partial charge on any atom is 0.230 e. The van der Waals surface area contributed by atoms with Crippen LogP contribution in [0.25, 0.3) is 22.4 Å². The molecule has 106 valence electrons. The van der Waals surface area contributed by atoms with E-state index in [1.54, 1.807) is 19.2 Å². The summed E-state index contributed by atoms with van der Waals surface area (Å²) in [6.07, 6.45) is 0. The first kappa shape index (κ1) is 13.5. The summed E-state index contributed by atoms with van der Waals surface area (Å²) in [5, 5.41) is 4.74. The Morgan fingerprint density at radius 2 is 1.81 bits per heavy atom. The van der Waals surface area contributed by atoms with E-state index in [1.807, 2.05) is 36.4 Å². The zero-order valence-corrected chi connectivity index (χ0v) is 12.1. The highest BCUT2D eigenvalue weighted by Crippen LogP contribution is 2.39. The topological polar surface area (TPSA) is 61.3 Å². The van der Waals surface area contributed by atoms with Crippen LogP contribution in [0.2, 0.25) is 5.02 Å². The van der Waals surface area contributed by atoms with E-state index >= 15 is 0 Å². The number of para-hydroxylation sites is 1. The lowest BCUT2D eigenvalue weighted by Crippen LogP contribution is -1.91. The molecule has 0 amide bonds. The van der Waals surface area contributed by atoms with E-state index in [9.17, 15) is 0 Å². The van der Waals surface area contributed by atoms with Crippen LogP contribution in [0.3, 0.4) is 0 Å². The highest BCUT2D eigenvalue weighted by molar-refractivity contribution is 6.30. The lowest BCUT2D eigenvalue weighted by Gasteiger charge is -2.07. The molecule has 0 unspecified atom stereocenters. The molecule has 2 N–H and O–H groups in total. The third kappa shape index (κ3) is 2.45.